The van der Waals surface area contributed by atoms with Gasteiger partial charge in [0.1, 0.15) is 36.4 Å². The van der Waals surface area contributed by atoms with Crippen LogP contribution in [0.15, 0.2) is 36.5 Å². The zero-order valence-electron chi connectivity index (χ0n) is 15.9. The van der Waals surface area contributed by atoms with E-state index in [9.17, 15) is 15.0 Å². The lowest BCUT2D eigenvalue weighted by Crippen LogP contribution is -2.38. The highest BCUT2D eigenvalue weighted by atomic mass is 16.5. The van der Waals surface area contributed by atoms with Gasteiger partial charge in [-0.1, -0.05) is 23.4 Å². The first kappa shape index (κ1) is 20.2. The average molecular weight is 390 g/mol. The van der Waals surface area contributed by atoms with E-state index >= 15 is 0 Å². The third kappa shape index (κ3) is 5.28. The van der Waals surface area contributed by atoms with E-state index in [0.29, 0.717) is 5.69 Å². The zero-order valence-corrected chi connectivity index (χ0v) is 15.9. The third-order valence-corrected chi connectivity index (χ3v) is 4.38. The molecule has 152 valence electrons. The van der Waals surface area contributed by atoms with E-state index in [1.807, 2.05) is 44.2 Å². The fraction of sp³-hybridized carbons (Fsp3) is 0.526. The largest absolute Gasteiger partial charge is 0.487 e. The number of nitrogens with one attached hydrogen (secondary N) is 1. The van der Waals surface area contributed by atoms with Gasteiger partial charge in [0.2, 0.25) is 5.91 Å². The number of para-hydroxylation sites is 1. The Morgan fingerprint density at radius 1 is 1.25 bits per heavy atom. The molecule has 0 bridgehead atoms. The predicted octanol–water partition coefficient (Wildman–Crippen LogP) is 0.261. The quantitative estimate of drug-likeness (QED) is 0.592. The molecule has 28 heavy (non-hydrogen) atoms. The van der Waals surface area contributed by atoms with Crippen molar-refractivity contribution in [2.24, 2.45) is 0 Å². The molecule has 9 heteroatoms. The lowest BCUT2D eigenvalue weighted by atomic mass is 10.1. The molecule has 2 aromatic rings. The van der Waals surface area contributed by atoms with Gasteiger partial charge in [-0.05, 0) is 26.0 Å². The molecule has 0 saturated carbocycles. The lowest BCUT2D eigenvalue weighted by Gasteiger charge is -2.15. The third-order valence-electron chi connectivity index (χ3n) is 4.38. The van der Waals surface area contributed by atoms with Crippen LogP contribution in [0.2, 0.25) is 0 Å². The highest BCUT2D eigenvalue weighted by molar-refractivity contribution is 5.76. The number of carbonyl (C=O) groups excluding carboxylic acids is 1. The van der Waals surface area contributed by atoms with E-state index in [2.05, 4.69) is 15.6 Å². The number of rotatable bonds is 8. The minimum Gasteiger partial charge on any atom is -0.487 e. The Hall–Kier alpha value is -2.49. The number of benzene rings is 1. The molecular formula is C19H26N4O5. The van der Waals surface area contributed by atoms with Gasteiger partial charge in [-0.25, -0.2) is 4.68 Å². The Kier molecular flexibility index (Phi) is 6.61. The summed E-state index contributed by atoms with van der Waals surface area (Å²) < 4.78 is 12.9. The molecular weight excluding hydrogens is 364 g/mol. The van der Waals surface area contributed by atoms with Crippen LogP contribution in [-0.4, -0.2) is 61.6 Å². The molecule has 1 aromatic heterocycles. The van der Waals surface area contributed by atoms with Crippen molar-refractivity contribution in [2.45, 2.75) is 63.9 Å². The fourth-order valence-corrected chi connectivity index (χ4v) is 3.06. The summed E-state index contributed by atoms with van der Waals surface area (Å²) in [6.45, 7) is 4.17. The molecule has 1 aliphatic heterocycles. The number of aliphatic hydroxyl groups excluding tert-OH is 2. The summed E-state index contributed by atoms with van der Waals surface area (Å²) in [6.07, 6.45) is -2.00. The molecule has 1 aliphatic rings. The van der Waals surface area contributed by atoms with Crippen molar-refractivity contribution in [3.8, 4) is 5.75 Å². The maximum absolute atomic E-state index is 11.9. The second kappa shape index (κ2) is 9.13. The molecule has 1 amide bonds. The minimum absolute atomic E-state index is 0.00144. The molecule has 1 aromatic carbocycles. The topological polar surface area (TPSA) is 119 Å². The Balaban J connectivity index is 1.52. The van der Waals surface area contributed by atoms with Crippen molar-refractivity contribution in [2.75, 3.05) is 0 Å². The summed E-state index contributed by atoms with van der Waals surface area (Å²) in [5.41, 5.74) is 0.629. The van der Waals surface area contributed by atoms with Crippen LogP contribution < -0.4 is 10.1 Å². The number of ether oxygens (including phenoxy) is 2. The van der Waals surface area contributed by atoms with Crippen LogP contribution in [0.25, 0.3) is 0 Å². The van der Waals surface area contributed by atoms with E-state index in [4.69, 9.17) is 9.47 Å². The number of carbonyl (C=O) groups is 1. The van der Waals surface area contributed by atoms with E-state index in [1.54, 1.807) is 6.20 Å². The average Bonchev–Trinajstić information content (AvgIpc) is 3.21. The number of aliphatic hydroxyl groups is 2. The van der Waals surface area contributed by atoms with Crippen molar-refractivity contribution < 1.29 is 24.5 Å². The maximum atomic E-state index is 11.9. The van der Waals surface area contributed by atoms with Gasteiger partial charge in [-0.2, -0.15) is 0 Å². The highest BCUT2D eigenvalue weighted by Gasteiger charge is 2.43. The van der Waals surface area contributed by atoms with Gasteiger partial charge in [-0.15, -0.1) is 5.10 Å². The Morgan fingerprint density at radius 2 is 1.96 bits per heavy atom. The number of hydrogen-bond acceptors (Lipinski definition) is 7. The monoisotopic (exact) mass is 390 g/mol. The van der Waals surface area contributed by atoms with Crippen LogP contribution in [0.3, 0.4) is 0 Å². The van der Waals surface area contributed by atoms with Crippen LogP contribution in [-0.2, 0) is 22.7 Å². The van der Waals surface area contributed by atoms with E-state index in [1.165, 1.54) is 4.68 Å². The van der Waals surface area contributed by atoms with Gasteiger partial charge in [0.25, 0.3) is 0 Å². The SMILES string of the molecule is CC(C)NC(=O)CC1OC(Cn2cc(COc3ccccc3)nn2)C(O)C1O. The molecule has 1 saturated heterocycles. The normalized spacial score (nSPS) is 24.5. The molecule has 4 atom stereocenters. The highest BCUT2D eigenvalue weighted by Crippen LogP contribution is 2.25. The molecule has 1 fully saturated rings. The molecule has 0 spiro atoms. The summed E-state index contributed by atoms with van der Waals surface area (Å²) in [4.78, 5) is 11.9. The summed E-state index contributed by atoms with van der Waals surface area (Å²) in [6, 6.07) is 9.37. The van der Waals surface area contributed by atoms with Gasteiger partial charge >= 0.3 is 0 Å². The van der Waals surface area contributed by atoms with Crippen LogP contribution in [0.5, 0.6) is 5.75 Å². The number of aromatic nitrogens is 3. The second-order valence-corrected chi connectivity index (χ2v) is 7.15. The molecule has 0 aliphatic carbocycles. The van der Waals surface area contributed by atoms with Gasteiger partial charge in [0, 0.05) is 6.04 Å². The summed E-state index contributed by atoms with van der Waals surface area (Å²) in [5, 5.41) is 31.2. The van der Waals surface area contributed by atoms with Crippen LogP contribution in [0.1, 0.15) is 26.0 Å². The molecule has 0 radical (unpaired) electrons. The predicted molar refractivity (Wildman–Crippen MR) is 99.4 cm³/mol. The summed E-state index contributed by atoms with van der Waals surface area (Å²) >= 11 is 0. The molecule has 2 heterocycles. The van der Waals surface area contributed by atoms with Crippen molar-refractivity contribution >= 4 is 5.91 Å². The first-order chi connectivity index (χ1) is 13.4. The number of hydrogen-bond donors (Lipinski definition) is 3. The van der Waals surface area contributed by atoms with Crippen molar-refractivity contribution in [3.05, 3.63) is 42.2 Å². The number of nitrogens with zero attached hydrogens (tertiary/aromatic N) is 3. The first-order valence-electron chi connectivity index (χ1n) is 9.30. The van der Waals surface area contributed by atoms with Crippen LogP contribution in [0.4, 0.5) is 0 Å². The Morgan fingerprint density at radius 3 is 2.68 bits per heavy atom. The standard InChI is InChI=1S/C19H26N4O5/c1-12(2)20-17(24)8-15-18(25)19(26)16(28-15)10-23-9-13(21-22-23)11-27-14-6-4-3-5-7-14/h3-7,9,12,15-16,18-19,25-26H,8,10-11H2,1-2H3,(H,20,24). The number of amides is 1. The first-order valence-corrected chi connectivity index (χ1v) is 9.30. The molecule has 3 N–H and O–H groups in total. The Labute approximate surface area is 163 Å². The van der Waals surface area contributed by atoms with E-state index in [-0.39, 0.29) is 31.5 Å². The van der Waals surface area contributed by atoms with E-state index < -0.39 is 24.4 Å². The van der Waals surface area contributed by atoms with Gasteiger partial charge < -0.3 is 25.0 Å². The summed E-state index contributed by atoms with van der Waals surface area (Å²) in [7, 11) is 0. The van der Waals surface area contributed by atoms with Crippen LogP contribution >= 0.6 is 0 Å². The van der Waals surface area contributed by atoms with Gasteiger partial charge in [-0.3, -0.25) is 4.79 Å². The van der Waals surface area contributed by atoms with E-state index in [0.717, 1.165) is 5.75 Å². The summed E-state index contributed by atoms with van der Waals surface area (Å²) in [5.74, 6) is 0.505. The minimum atomic E-state index is -1.13. The van der Waals surface area contributed by atoms with Crippen molar-refractivity contribution in [3.63, 3.8) is 0 Å². The lowest BCUT2D eigenvalue weighted by molar-refractivity contribution is -0.125. The molecule has 3 rings (SSSR count). The molecule has 9 nitrogen and oxygen atoms in total. The smallest absolute Gasteiger partial charge is 0.222 e. The van der Waals surface area contributed by atoms with Gasteiger partial charge in [0.15, 0.2) is 0 Å². The second-order valence-electron chi connectivity index (χ2n) is 7.15. The zero-order chi connectivity index (χ0) is 20.1. The molecule has 4 unspecified atom stereocenters. The maximum Gasteiger partial charge on any atom is 0.222 e. The van der Waals surface area contributed by atoms with Crippen LogP contribution in [0, 0.1) is 0 Å². The Bertz CT molecular complexity index is 767. The van der Waals surface area contributed by atoms with Crippen molar-refractivity contribution in [1.82, 2.24) is 20.3 Å². The van der Waals surface area contributed by atoms with Gasteiger partial charge in [0.05, 0.1) is 25.3 Å². The fourth-order valence-electron chi connectivity index (χ4n) is 3.06. The van der Waals surface area contributed by atoms with Crippen molar-refractivity contribution in [1.29, 1.82) is 0 Å².